The fraction of sp³-hybridized carbons (Fsp3) is 0.444. The van der Waals surface area contributed by atoms with Crippen molar-refractivity contribution in [2.75, 3.05) is 11.9 Å². The number of fused-ring (bicyclic) bond motifs is 1. The van der Waals surface area contributed by atoms with Crippen molar-refractivity contribution in [1.82, 2.24) is 19.7 Å². The van der Waals surface area contributed by atoms with Gasteiger partial charge in [0.05, 0.1) is 12.4 Å². The largest absolute Gasteiger partial charge is 0.353 e. The summed E-state index contributed by atoms with van der Waals surface area (Å²) in [5.41, 5.74) is 7.37. The minimum Gasteiger partial charge on any atom is -0.353 e. The molecule has 6 nitrogen and oxygen atoms in total. The molecule has 0 saturated carbocycles. The summed E-state index contributed by atoms with van der Waals surface area (Å²) in [6.07, 6.45) is 3.47. The van der Waals surface area contributed by atoms with Crippen LogP contribution in [-0.2, 0) is 7.05 Å². The number of nitrogens with zero attached hydrogens (tertiary/aromatic N) is 4. The molecular weight excluding hydrogens is 192 g/mol. The lowest BCUT2D eigenvalue weighted by atomic mass is 10.4. The number of aromatic nitrogens is 4. The van der Waals surface area contributed by atoms with Crippen LogP contribution in [0.25, 0.3) is 11.0 Å². The third kappa shape index (κ3) is 2.04. The van der Waals surface area contributed by atoms with Crippen molar-refractivity contribution in [3.8, 4) is 0 Å². The summed E-state index contributed by atoms with van der Waals surface area (Å²) >= 11 is 0. The number of nitrogens with two attached hydrogens (primary N) is 1. The highest BCUT2D eigenvalue weighted by Gasteiger charge is 2.03. The van der Waals surface area contributed by atoms with Crippen molar-refractivity contribution < 1.29 is 0 Å². The molecule has 0 radical (unpaired) electrons. The van der Waals surface area contributed by atoms with Gasteiger partial charge in [-0.2, -0.15) is 5.10 Å². The van der Waals surface area contributed by atoms with Gasteiger partial charge in [-0.3, -0.25) is 4.68 Å². The first-order valence-electron chi connectivity index (χ1n) is 4.81. The van der Waals surface area contributed by atoms with Crippen LogP contribution in [0.3, 0.4) is 0 Å². The minimum atomic E-state index is 0.0817. The van der Waals surface area contributed by atoms with Gasteiger partial charge in [0.2, 0.25) is 5.95 Å². The Morgan fingerprint density at radius 3 is 3.07 bits per heavy atom. The highest BCUT2D eigenvalue weighted by atomic mass is 15.3. The minimum absolute atomic E-state index is 0.0817. The van der Waals surface area contributed by atoms with E-state index >= 15 is 0 Å². The van der Waals surface area contributed by atoms with Crippen molar-refractivity contribution in [2.24, 2.45) is 12.8 Å². The molecule has 0 saturated heterocycles. The van der Waals surface area contributed by atoms with E-state index in [9.17, 15) is 0 Å². The first kappa shape index (κ1) is 9.85. The molecule has 0 aliphatic rings. The molecule has 15 heavy (non-hydrogen) atoms. The Morgan fingerprint density at radius 1 is 1.53 bits per heavy atom. The fourth-order valence-electron chi connectivity index (χ4n) is 1.27. The highest BCUT2D eigenvalue weighted by Crippen LogP contribution is 2.10. The van der Waals surface area contributed by atoms with E-state index < -0.39 is 0 Å². The number of rotatable bonds is 3. The van der Waals surface area contributed by atoms with Gasteiger partial charge >= 0.3 is 0 Å². The standard InChI is InChI=1S/C9H14N6/c1-6(10)3-11-9-12-5-8-7(14-9)4-13-15(8)2/h4-6H,3,10H2,1-2H3,(H,11,12,14). The number of nitrogens with one attached hydrogen (secondary N) is 1. The van der Waals surface area contributed by atoms with E-state index in [1.807, 2.05) is 14.0 Å². The second-order valence-electron chi connectivity index (χ2n) is 3.59. The molecule has 80 valence electrons. The first-order chi connectivity index (χ1) is 7.16. The van der Waals surface area contributed by atoms with Gasteiger partial charge < -0.3 is 11.1 Å². The SMILES string of the molecule is CC(N)CNc1ncc2c(cnn2C)n1. The van der Waals surface area contributed by atoms with E-state index in [4.69, 9.17) is 5.73 Å². The van der Waals surface area contributed by atoms with Crippen LogP contribution in [0.1, 0.15) is 6.92 Å². The van der Waals surface area contributed by atoms with E-state index in [2.05, 4.69) is 20.4 Å². The summed E-state index contributed by atoms with van der Waals surface area (Å²) in [6, 6.07) is 0.0817. The van der Waals surface area contributed by atoms with E-state index in [1.54, 1.807) is 17.1 Å². The third-order valence-corrected chi connectivity index (χ3v) is 2.08. The topological polar surface area (TPSA) is 81.6 Å². The quantitative estimate of drug-likeness (QED) is 0.745. The third-order valence-electron chi connectivity index (χ3n) is 2.08. The van der Waals surface area contributed by atoms with E-state index in [-0.39, 0.29) is 6.04 Å². The molecule has 0 bridgehead atoms. The molecule has 0 fully saturated rings. The van der Waals surface area contributed by atoms with Gasteiger partial charge in [0.25, 0.3) is 0 Å². The smallest absolute Gasteiger partial charge is 0.223 e. The first-order valence-corrected chi connectivity index (χ1v) is 4.81. The second-order valence-corrected chi connectivity index (χ2v) is 3.59. The molecule has 0 amide bonds. The Kier molecular flexibility index (Phi) is 2.51. The molecule has 0 aliphatic carbocycles. The zero-order valence-electron chi connectivity index (χ0n) is 8.81. The summed E-state index contributed by atoms with van der Waals surface area (Å²) in [4.78, 5) is 8.48. The van der Waals surface area contributed by atoms with E-state index in [0.717, 1.165) is 11.0 Å². The molecule has 1 unspecified atom stereocenters. The lowest BCUT2D eigenvalue weighted by Gasteiger charge is -2.06. The fourth-order valence-corrected chi connectivity index (χ4v) is 1.27. The molecular formula is C9H14N6. The molecule has 2 aromatic rings. The average Bonchev–Trinajstić information content (AvgIpc) is 2.57. The Bertz CT molecular complexity index is 461. The van der Waals surface area contributed by atoms with E-state index in [1.165, 1.54) is 0 Å². The summed E-state index contributed by atoms with van der Waals surface area (Å²) in [7, 11) is 1.86. The zero-order chi connectivity index (χ0) is 10.8. The molecule has 0 spiro atoms. The Hall–Kier alpha value is -1.69. The summed E-state index contributed by atoms with van der Waals surface area (Å²) in [5, 5.41) is 7.16. The highest BCUT2D eigenvalue weighted by molar-refractivity contribution is 5.74. The molecule has 0 aromatic carbocycles. The van der Waals surface area contributed by atoms with Gasteiger partial charge in [-0.15, -0.1) is 0 Å². The summed E-state index contributed by atoms with van der Waals surface area (Å²) in [5.74, 6) is 0.591. The molecule has 2 rings (SSSR count). The molecule has 2 heterocycles. The van der Waals surface area contributed by atoms with Gasteiger partial charge in [0.15, 0.2) is 0 Å². The molecule has 0 aliphatic heterocycles. The Balaban J connectivity index is 2.23. The van der Waals surface area contributed by atoms with Gasteiger partial charge in [-0.1, -0.05) is 0 Å². The number of hydrogen-bond donors (Lipinski definition) is 2. The van der Waals surface area contributed by atoms with Crippen molar-refractivity contribution in [3.63, 3.8) is 0 Å². The van der Waals surface area contributed by atoms with Gasteiger partial charge in [0.1, 0.15) is 11.0 Å². The van der Waals surface area contributed by atoms with Crippen LogP contribution < -0.4 is 11.1 Å². The summed E-state index contributed by atoms with van der Waals surface area (Å²) in [6.45, 7) is 2.58. The molecule has 1 atom stereocenters. The zero-order valence-corrected chi connectivity index (χ0v) is 8.81. The van der Waals surface area contributed by atoms with Crippen molar-refractivity contribution >= 4 is 17.0 Å². The van der Waals surface area contributed by atoms with Crippen molar-refractivity contribution in [2.45, 2.75) is 13.0 Å². The van der Waals surface area contributed by atoms with Crippen LogP contribution in [0.15, 0.2) is 12.4 Å². The lowest BCUT2D eigenvalue weighted by molar-refractivity contribution is 0.773. The Labute approximate surface area is 87.5 Å². The number of anilines is 1. The maximum absolute atomic E-state index is 5.62. The lowest BCUT2D eigenvalue weighted by Crippen LogP contribution is -2.25. The number of aryl methyl sites for hydroxylation is 1. The normalized spacial score (nSPS) is 13.0. The van der Waals surface area contributed by atoms with Gasteiger partial charge in [0, 0.05) is 19.6 Å². The monoisotopic (exact) mass is 206 g/mol. The van der Waals surface area contributed by atoms with Gasteiger partial charge in [-0.05, 0) is 6.92 Å². The Morgan fingerprint density at radius 2 is 2.33 bits per heavy atom. The number of hydrogen-bond acceptors (Lipinski definition) is 5. The summed E-state index contributed by atoms with van der Waals surface area (Å²) < 4.78 is 1.74. The maximum Gasteiger partial charge on any atom is 0.223 e. The van der Waals surface area contributed by atoms with Crippen LogP contribution in [0.2, 0.25) is 0 Å². The predicted octanol–water partition coefficient (Wildman–Crippen LogP) is 0.122. The average molecular weight is 206 g/mol. The van der Waals surface area contributed by atoms with Crippen LogP contribution in [-0.4, -0.2) is 32.3 Å². The predicted molar refractivity (Wildman–Crippen MR) is 58.4 cm³/mol. The van der Waals surface area contributed by atoms with Crippen LogP contribution in [0.4, 0.5) is 5.95 Å². The van der Waals surface area contributed by atoms with Crippen molar-refractivity contribution in [1.29, 1.82) is 0 Å². The van der Waals surface area contributed by atoms with Gasteiger partial charge in [-0.25, -0.2) is 9.97 Å². The molecule has 6 heteroatoms. The maximum atomic E-state index is 5.62. The van der Waals surface area contributed by atoms with Crippen LogP contribution >= 0.6 is 0 Å². The van der Waals surface area contributed by atoms with Crippen LogP contribution in [0, 0.1) is 0 Å². The van der Waals surface area contributed by atoms with E-state index in [0.29, 0.717) is 12.5 Å². The second kappa shape index (κ2) is 3.82. The van der Waals surface area contributed by atoms with Crippen LogP contribution in [0.5, 0.6) is 0 Å². The molecule has 3 N–H and O–H groups in total. The molecule has 2 aromatic heterocycles. The van der Waals surface area contributed by atoms with Crippen molar-refractivity contribution in [3.05, 3.63) is 12.4 Å².